The van der Waals surface area contributed by atoms with Gasteiger partial charge in [0, 0.05) is 10.6 Å². The van der Waals surface area contributed by atoms with Gasteiger partial charge in [-0.1, -0.05) is 35.3 Å². The summed E-state index contributed by atoms with van der Waals surface area (Å²) in [6.07, 6.45) is 0.658. The van der Waals surface area contributed by atoms with Crippen LogP contribution in [0.3, 0.4) is 0 Å². The molecule has 1 heterocycles. The topological polar surface area (TPSA) is 42.9 Å². The van der Waals surface area contributed by atoms with Crippen LogP contribution >= 0.6 is 23.2 Å². The summed E-state index contributed by atoms with van der Waals surface area (Å²) in [7, 11) is 0. The minimum absolute atomic E-state index is 0.157. The third-order valence-corrected chi connectivity index (χ3v) is 3.27. The van der Waals surface area contributed by atoms with Crippen LogP contribution in [0.25, 0.3) is 11.3 Å². The highest BCUT2D eigenvalue weighted by Crippen LogP contribution is 2.28. The van der Waals surface area contributed by atoms with Crippen LogP contribution in [-0.2, 0) is 0 Å². The van der Waals surface area contributed by atoms with Crippen molar-refractivity contribution in [2.75, 3.05) is 0 Å². The van der Waals surface area contributed by atoms with Gasteiger partial charge in [-0.3, -0.25) is 4.79 Å². The standard InChI is InChI=1S/C13H10Cl2N2O/c1-7-3-4-9(5-11(7)14)12-10(6-18)13(15)17-8(2)16-12/h3-6H,1-2H3. The lowest BCUT2D eigenvalue weighted by Crippen LogP contribution is -1.99. The van der Waals surface area contributed by atoms with E-state index in [0.29, 0.717) is 22.8 Å². The molecule has 2 aromatic rings. The van der Waals surface area contributed by atoms with E-state index in [1.807, 2.05) is 19.1 Å². The Hall–Kier alpha value is -1.45. The summed E-state index contributed by atoms with van der Waals surface area (Å²) in [5.41, 5.74) is 2.50. The van der Waals surface area contributed by atoms with E-state index in [1.54, 1.807) is 13.0 Å². The first-order valence-electron chi connectivity index (χ1n) is 5.28. The van der Waals surface area contributed by atoms with E-state index in [9.17, 15) is 4.79 Å². The number of hydrogen-bond acceptors (Lipinski definition) is 3. The Morgan fingerprint density at radius 1 is 1.17 bits per heavy atom. The van der Waals surface area contributed by atoms with E-state index in [2.05, 4.69) is 9.97 Å². The lowest BCUT2D eigenvalue weighted by Gasteiger charge is -2.08. The summed E-state index contributed by atoms with van der Waals surface area (Å²) < 4.78 is 0. The second-order valence-corrected chi connectivity index (χ2v) is 4.67. The van der Waals surface area contributed by atoms with Gasteiger partial charge >= 0.3 is 0 Å². The zero-order valence-electron chi connectivity index (χ0n) is 9.87. The van der Waals surface area contributed by atoms with Crippen LogP contribution in [0.4, 0.5) is 0 Å². The molecule has 5 heteroatoms. The molecule has 0 spiro atoms. The summed E-state index contributed by atoms with van der Waals surface area (Å²) >= 11 is 12.0. The molecule has 0 aliphatic heterocycles. The summed E-state index contributed by atoms with van der Waals surface area (Å²) in [4.78, 5) is 19.3. The van der Waals surface area contributed by atoms with Gasteiger partial charge in [-0.15, -0.1) is 0 Å². The fraction of sp³-hybridized carbons (Fsp3) is 0.154. The fourth-order valence-corrected chi connectivity index (χ4v) is 2.05. The number of rotatable bonds is 2. The van der Waals surface area contributed by atoms with Crippen LogP contribution < -0.4 is 0 Å². The first-order chi connectivity index (χ1) is 8.52. The number of carbonyl (C=O) groups is 1. The minimum atomic E-state index is 0.157. The van der Waals surface area contributed by atoms with Crippen LogP contribution in [0.2, 0.25) is 10.2 Å². The smallest absolute Gasteiger partial charge is 0.155 e. The molecule has 0 aliphatic rings. The van der Waals surface area contributed by atoms with E-state index in [-0.39, 0.29) is 10.7 Å². The molecule has 0 bridgehead atoms. The Bertz CT molecular complexity index is 627. The van der Waals surface area contributed by atoms with Crippen molar-refractivity contribution in [2.24, 2.45) is 0 Å². The number of aldehydes is 1. The van der Waals surface area contributed by atoms with Gasteiger partial charge in [0.25, 0.3) is 0 Å². The van der Waals surface area contributed by atoms with Crippen molar-refractivity contribution in [1.82, 2.24) is 9.97 Å². The number of nitrogens with zero attached hydrogens (tertiary/aromatic N) is 2. The van der Waals surface area contributed by atoms with Crippen molar-refractivity contribution in [1.29, 1.82) is 0 Å². The maximum atomic E-state index is 11.1. The van der Waals surface area contributed by atoms with Crippen LogP contribution in [0.5, 0.6) is 0 Å². The highest BCUT2D eigenvalue weighted by atomic mass is 35.5. The van der Waals surface area contributed by atoms with Crippen LogP contribution in [0.1, 0.15) is 21.7 Å². The quantitative estimate of drug-likeness (QED) is 0.619. The summed E-state index contributed by atoms with van der Waals surface area (Å²) in [5, 5.41) is 0.779. The minimum Gasteiger partial charge on any atom is -0.298 e. The number of halogens is 2. The van der Waals surface area contributed by atoms with E-state index in [4.69, 9.17) is 23.2 Å². The SMILES string of the molecule is Cc1nc(Cl)c(C=O)c(-c2ccc(C)c(Cl)c2)n1. The average Bonchev–Trinajstić information content (AvgIpc) is 2.32. The molecule has 1 aromatic carbocycles. The molecule has 0 aliphatic carbocycles. The monoisotopic (exact) mass is 280 g/mol. The third-order valence-electron chi connectivity index (χ3n) is 2.57. The molecule has 0 radical (unpaired) electrons. The number of carbonyl (C=O) groups excluding carboxylic acids is 1. The molecule has 2 rings (SSSR count). The Balaban J connectivity index is 2.69. The molecule has 0 fully saturated rings. The Kier molecular flexibility index (Phi) is 3.64. The zero-order chi connectivity index (χ0) is 13.3. The van der Waals surface area contributed by atoms with Gasteiger partial charge in [-0.2, -0.15) is 0 Å². The number of benzene rings is 1. The van der Waals surface area contributed by atoms with Gasteiger partial charge in [0.15, 0.2) is 6.29 Å². The zero-order valence-corrected chi connectivity index (χ0v) is 11.4. The summed E-state index contributed by atoms with van der Waals surface area (Å²) in [6, 6.07) is 5.49. The van der Waals surface area contributed by atoms with Crippen LogP contribution in [-0.4, -0.2) is 16.3 Å². The predicted octanol–water partition coefficient (Wildman–Crippen LogP) is 3.88. The van der Waals surface area contributed by atoms with Crippen molar-refractivity contribution in [2.45, 2.75) is 13.8 Å². The fourth-order valence-electron chi connectivity index (χ4n) is 1.61. The maximum absolute atomic E-state index is 11.1. The molecule has 0 atom stereocenters. The molecule has 0 saturated carbocycles. The van der Waals surface area contributed by atoms with Gasteiger partial charge in [0.2, 0.25) is 0 Å². The number of aryl methyl sites for hydroxylation is 2. The molecule has 0 N–H and O–H groups in total. The van der Waals surface area contributed by atoms with Crippen LogP contribution in [0.15, 0.2) is 18.2 Å². The lowest BCUT2D eigenvalue weighted by atomic mass is 10.1. The van der Waals surface area contributed by atoms with Crippen molar-refractivity contribution in [3.63, 3.8) is 0 Å². The Morgan fingerprint density at radius 3 is 2.50 bits per heavy atom. The van der Waals surface area contributed by atoms with Crippen molar-refractivity contribution in [3.05, 3.63) is 45.3 Å². The van der Waals surface area contributed by atoms with Gasteiger partial charge in [0.1, 0.15) is 11.0 Å². The molecule has 3 nitrogen and oxygen atoms in total. The van der Waals surface area contributed by atoms with Gasteiger partial charge in [-0.05, 0) is 25.5 Å². The van der Waals surface area contributed by atoms with Gasteiger partial charge in [0.05, 0.1) is 11.3 Å². The van der Waals surface area contributed by atoms with Crippen molar-refractivity contribution < 1.29 is 4.79 Å². The summed E-state index contributed by atoms with van der Waals surface area (Å²) in [5.74, 6) is 0.511. The molecule has 1 aromatic heterocycles. The second-order valence-electron chi connectivity index (χ2n) is 3.91. The van der Waals surface area contributed by atoms with E-state index in [1.165, 1.54) is 0 Å². The predicted molar refractivity (Wildman–Crippen MR) is 72.3 cm³/mol. The Labute approximate surface area is 115 Å². The molecule has 0 amide bonds. The highest BCUT2D eigenvalue weighted by Gasteiger charge is 2.13. The lowest BCUT2D eigenvalue weighted by molar-refractivity contribution is 0.112. The molecule has 0 saturated heterocycles. The van der Waals surface area contributed by atoms with Crippen molar-refractivity contribution in [3.8, 4) is 11.3 Å². The van der Waals surface area contributed by atoms with E-state index < -0.39 is 0 Å². The number of aromatic nitrogens is 2. The number of hydrogen-bond donors (Lipinski definition) is 0. The first kappa shape index (κ1) is 13.0. The molecule has 92 valence electrons. The summed E-state index contributed by atoms with van der Waals surface area (Å²) in [6.45, 7) is 3.63. The normalized spacial score (nSPS) is 10.4. The maximum Gasteiger partial charge on any atom is 0.155 e. The van der Waals surface area contributed by atoms with Gasteiger partial charge < -0.3 is 0 Å². The van der Waals surface area contributed by atoms with E-state index >= 15 is 0 Å². The second kappa shape index (κ2) is 5.04. The molecular formula is C13H10Cl2N2O. The van der Waals surface area contributed by atoms with Gasteiger partial charge in [-0.25, -0.2) is 9.97 Å². The average molecular weight is 281 g/mol. The largest absolute Gasteiger partial charge is 0.298 e. The molecule has 0 unspecified atom stereocenters. The highest BCUT2D eigenvalue weighted by molar-refractivity contribution is 6.32. The third kappa shape index (κ3) is 2.37. The molecule has 18 heavy (non-hydrogen) atoms. The molecular weight excluding hydrogens is 271 g/mol. The van der Waals surface area contributed by atoms with Crippen LogP contribution in [0, 0.1) is 13.8 Å². The van der Waals surface area contributed by atoms with E-state index in [0.717, 1.165) is 11.1 Å². The Morgan fingerprint density at radius 2 is 1.89 bits per heavy atom. The van der Waals surface area contributed by atoms with Crippen molar-refractivity contribution >= 4 is 29.5 Å². The first-order valence-corrected chi connectivity index (χ1v) is 6.04.